The van der Waals surface area contributed by atoms with E-state index < -0.39 is 17.2 Å². The largest absolute Gasteiger partial charge is 0.477 e. The van der Waals surface area contributed by atoms with E-state index in [1.165, 1.54) is 6.20 Å². The van der Waals surface area contributed by atoms with Crippen molar-refractivity contribution in [3.05, 3.63) is 33.9 Å². The van der Waals surface area contributed by atoms with Gasteiger partial charge in [-0.15, -0.1) is 0 Å². The lowest BCUT2D eigenvalue weighted by atomic mass is 9.92. The van der Waals surface area contributed by atoms with Crippen LogP contribution >= 0.6 is 0 Å². The summed E-state index contributed by atoms with van der Waals surface area (Å²) < 4.78 is 16.3. The minimum Gasteiger partial charge on any atom is -0.477 e. The summed E-state index contributed by atoms with van der Waals surface area (Å²) in [5.74, 6) is -1.76. The number of carboxylic acids is 1. The predicted molar refractivity (Wildman–Crippen MR) is 90.6 cm³/mol. The van der Waals surface area contributed by atoms with E-state index in [0.29, 0.717) is 18.7 Å². The fourth-order valence-corrected chi connectivity index (χ4v) is 3.53. The first-order valence-electron chi connectivity index (χ1n) is 8.45. The molecule has 2 aromatic rings. The number of hydrogen-bond acceptors (Lipinski definition) is 5. The van der Waals surface area contributed by atoms with Crippen molar-refractivity contribution in [1.82, 2.24) is 9.55 Å². The van der Waals surface area contributed by atoms with Crippen molar-refractivity contribution >= 4 is 22.8 Å². The molecule has 1 aliphatic heterocycles. The highest BCUT2D eigenvalue weighted by Gasteiger charge is 2.28. The third-order valence-electron chi connectivity index (χ3n) is 5.16. The summed E-state index contributed by atoms with van der Waals surface area (Å²) in [4.78, 5) is 30.0. The Balaban J connectivity index is 1.95. The van der Waals surface area contributed by atoms with Crippen LogP contribution in [0.5, 0.6) is 0 Å². The zero-order valence-electron chi connectivity index (χ0n) is 13.6. The molecule has 0 bridgehead atoms. The quantitative estimate of drug-likeness (QED) is 0.873. The molecule has 132 valence electrons. The molecule has 8 heteroatoms. The van der Waals surface area contributed by atoms with E-state index in [1.807, 2.05) is 0 Å². The van der Waals surface area contributed by atoms with Crippen LogP contribution in [0.1, 0.15) is 42.1 Å². The average molecular weight is 346 g/mol. The molecule has 0 aromatic carbocycles. The maximum atomic E-state index is 14.6. The maximum Gasteiger partial charge on any atom is 0.341 e. The molecule has 2 aliphatic rings. The Hall–Kier alpha value is -2.48. The van der Waals surface area contributed by atoms with E-state index in [-0.39, 0.29) is 28.9 Å². The zero-order chi connectivity index (χ0) is 17.7. The second-order valence-electron chi connectivity index (χ2n) is 6.83. The van der Waals surface area contributed by atoms with Gasteiger partial charge in [0.2, 0.25) is 5.43 Å². The first-order chi connectivity index (χ1) is 12.0. The number of nitrogens with two attached hydrogens (primary N) is 1. The van der Waals surface area contributed by atoms with E-state index in [1.54, 1.807) is 9.47 Å². The van der Waals surface area contributed by atoms with Crippen molar-refractivity contribution in [2.24, 2.45) is 5.73 Å². The van der Waals surface area contributed by atoms with Gasteiger partial charge in [-0.3, -0.25) is 4.79 Å². The molecule has 1 saturated heterocycles. The molecule has 1 saturated carbocycles. The molecule has 0 amide bonds. The number of hydrogen-bond donors (Lipinski definition) is 2. The van der Waals surface area contributed by atoms with E-state index in [2.05, 4.69) is 4.98 Å². The van der Waals surface area contributed by atoms with Crippen LogP contribution in [0.2, 0.25) is 0 Å². The van der Waals surface area contributed by atoms with Crippen molar-refractivity contribution in [3.8, 4) is 0 Å². The van der Waals surface area contributed by atoms with Gasteiger partial charge in [-0.2, -0.15) is 0 Å². The molecule has 1 atom stereocenters. The number of aromatic carboxylic acids is 1. The highest BCUT2D eigenvalue weighted by molar-refractivity contribution is 5.92. The Labute approximate surface area is 142 Å². The number of rotatable bonds is 3. The van der Waals surface area contributed by atoms with Gasteiger partial charge in [0, 0.05) is 31.4 Å². The van der Waals surface area contributed by atoms with Crippen molar-refractivity contribution < 1.29 is 14.3 Å². The molecule has 7 nitrogen and oxygen atoms in total. The Kier molecular flexibility index (Phi) is 3.72. The van der Waals surface area contributed by atoms with Crippen LogP contribution in [0.15, 0.2) is 17.1 Å². The Bertz CT molecular complexity index is 922. The summed E-state index contributed by atoms with van der Waals surface area (Å²) in [6.07, 6.45) is 4.92. The fourth-order valence-electron chi connectivity index (χ4n) is 3.53. The summed E-state index contributed by atoms with van der Waals surface area (Å²) in [6, 6.07) is 1.18. The van der Waals surface area contributed by atoms with Crippen molar-refractivity contribution in [1.29, 1.82) is 0 Å². The summed E-state index contributed by atoms with van der Waals surface area (Å²) in [7, 11) is 0. The van der Waals surface area contributed by atoms with Crippen molar-refractivity contribution in [2.75, 3.05) is 18.0 Å². The van der Waals surface area contributed by atoms with Gasteiger partial charge < -0.3 is 20.3 Å². The normalized spacial score (nSPS) is 20.9. The predicted octanol–water partition coefficient (Wildman–Crippen LogP) is 1.50. The number of fused-ring (bicyclic) bond motifs is 1. The molecular weight excluding hydrogens is 327 g/mol. The van der Waals surface area contributed by atoms with Gasteiger partial charge in [0.05, 0.1) is 5.39 Å². The van der Waals surface area contributed by atoms with Gasteiger partial charge in [0.15, 0.2) is 11.6 Å². The summed E-state index contributed by atoms with van der Waals surface area (Å²) >= 11 is 0. The van der Waals surface area contributed by atoms with Gasteiger partial charge in [-0.25, -0.2) is 14.2 Å². The molecule has 25 heavy (non-hydrogen) atoms. The lowest BCUT2D eigenvalue weighted by Crippen LogP contribution is -2.29. The van der Waals surface area contributed by atoms with Gasteiger partial charge in [0.25, 0.3) is 0 Å². The molecule has 4 rings (SSSR count). The summed E-state index contributed by atoms with van der Waals surface area (Å²) in [5, 5.41) is 9.31. The summed E-state index contributed by atoms with van der Waals surface area (Å²) in [6.45, 7) is 1.12. The van der Waals surface area contributed by atoms with Crippen molar-refractivity contribution in [2.45, 2.75) is 37.8 Å². The number of carbonyl (C=O) groups is 1. The number of aromatic nitrogens is 2. The Morgan fingerprint density at radius 1 is 1.36 bits per heavy atom. The third-order valence-corrected chi connectivity index (χ3v) is 5.16. The van der Waals surface area contributed by atoms with E-state index in [9.17, 15) is 19.1 Å². The monoisotopic (exact) mass is 346 g/mol. The molecular formula is C17H19FN4O3. The van der Waals surface area contributed by atoms with Crippen molar-refractivity contribution in [3.63, 3.8) is 0 Å². The fraction of sp³-hybridized carbons (Fsp3) is 0.471. The van der Waals surface area contributed by atoms with Crippen LogP contribution in [0.3, 0.4) is 0 Å². The molecule has 3 N–H and O–H groups in total. The van der Waals surface area contributed by atoms with Crippen LogP contribution < -0.4 is 16.1 Å². The molecule has 2 fully saturated rings. The second kappa shape index (κ2) is 5.80. The maximum absolute atomic E-state index is 14.6. The second-order valence-corrected chi connectivity index (χ2v) is 6.83. The first kappa shape index (κ1) is 16.0. The van der Waals surface area contributed by atoms with E-state index >= 15 is 0 Å². The Morgan fingerprint density at radius 3 is 2.68 bits per heavy atom. The highest BCUT2D eigenvalue weighted by atomic mass is 19.1. The SMILES string of the molecule is NC1CCN(c2nc3c(cc2F)c(=O)c(C(=O)O)cn3C2CCC2)C1. The van der Waals surface area contributed by atoms with Gasteiger partial charge >= 0.3 is 5.97 Å². The van der Waals surface area contributed by atoms with E-state index in [0.717, 1.165) is 31.7 Å². The minimum absolute atomic E-state index is 0.0107. The number of anilines is 1. The minimum atomic E-state index is -1.31. The van der Waals surface area contributed by atoms with Crippen LogP contribution in [0.4, 0.5) is 10.2 Å². The molecule has 3 heterocycles. The highest BCUT2D eigenvalue weighted by Crippen LogP contribution is 2.34. The zero-order valence-corrected chi connectivity index (χ0v) is 13.6. The Morgan fingerprint density at radius 2 is 2.12 bits per heavy atom. The average Bonchev–Trinajstić information content (AvgIpc) is 2.94. The molecule has 1 unspecified atom stereocenters. The number of nitrogens with zero attached hydrogens (tertiary/aromatic N) is 3. The third kappa shape index (κ3) is 2.57. The van der Waals surface area contributed by atoms with Crippen LogP contribution in [0.25, 0.3) is 11.0 Å². The van der Waals surface area contributed by atoms with Gasteiger partial charge in [0.1, 0.15) is 11.2 Å². The number of halogens is 1. The van der Waals surface area contributed by atoms with Gasteiger partial charge in [-0.1, -0.05) is 0 Å². The van der Waals surface area contributed by atoms with Crippen LogP contribution in [-0.4, -0.2) is 39.8 Å². The standard InChI is InChI=1S/C17H19FN4O3/c18-13-6-11-14(23)12(17(24)25)8-22(10-2-1-3-10)15(11)20-16(13)21-5-4-9(19)7-21/h6,8-10H,1-5,7,19H2,(H,24,25). The van der Waals surface area contributed by atoms with Crippen LogP contribution in [-0.2, 0) is 0 Å². The lowest BCUT2D eigenvalue weighted by Gasteiger charge is -2.30. The molecule has 0 spiro atoms. The first-order valence-corrected chi connectivity index (χ1v) is 8.45. The topological polar surface area (TPSA) is 101 Å². The van der Waals surface area contributed by atoms with Crippen LogP contribution in [0, 0.1) is 5.82 Å². The smallest absolute Gasteiger partial charge is 0.341 e. The summed E-state index contributed by atoms with van der Waals surface area (Å²) in [5.41, 5.74) is 5.19. The number of carboxylic acid groups (broad SMARTS) is 1. The molecule has 2 aromatic heterocycles. The molecule has 0 radical (unpaired) electrons. The van der Waals surface area contributed by atoms with E-state index in [4.69, 9.17) is 5.73 Å². The molecule has 1 aliphatic carbocycles. The lowest BCUT2D eigenvalue weighted by molar-refractivity contribution is 0.0694. The number of pyridine rings is 2. The van der Waals surface area contributed by atoms with Gasteiger partial charge in [-0.05, 0) is 31.7 Å².